The summed E-state index contributed by atoms with van der Waals surface area (Å²) in [5, 5.41) is 0.634. The minimum absolute atomic E-state index is 0.0172. The van der Waals surface area contributed by atoms with Gasteiger partial charge in [-0.1, -0.05) is 48.0 Å². The van der Waals surface area contributed by atoms with Gasteiger partial charge in [0.2, 0.25) is 0 Å². The van der Waals surface area contributed by atoms with E-state index in [9.17, 15) is 4.79 Å². The molecule has 27 heavy (non-hydrogen) atoms. The molecule has 0 aliphatic carbocycles. The molecule has 0 aliphatic rings. The van der Waals surface area contributed by atoms with E-state index in [2.05, 4.69) is 4.98 Å². The summed E-state index contributed by atoms with van der Waals surface area (Å²) in [4.78, 5) is 18.9. The van der Waals surface area contributed by atoms with Crippen LogP contribution in [0.5, 0.6) is 5.75 Å². The number of pyridine rings is 1. The molecule has 3 aromatic rings. The van der Waals surface area contributed by atoms with Crippen molar-refractivity contribution in [2.45, 2.75) is 13.0 Å². The molecule has 0 saturated carbocycles. The van der Waals surface area contributed by atoms with Gasteiger partial charge in [0.25, 0.3) is 5.91 Å². The lowest BCUT2D eigenvalue weighted by atomic mass is 10.2. The maximum Gasteiger partial charge on any atom is 0.260 e. The van der Waals surface area contributed by atoms with E-state index in [1.165, 1.54) is 0 Å². The van der Waals surface area contributed by atoms with Crippen molar-refractivity contribution < 1.29 is 9.53 Å². The topological polar surface area (TPSA) is 42.4 Å². The summed E-state index contributed by atoms with van der Waals surface area (Å²) in [6.07, 6.45) is 2.46. The molecule has 0 saturated heterocycles. The first-order valence-electron chi connectivity index (χ1n) is 8.81. The average Bonchev–Trinajstić information content (AvgIpc) is 2.72. The summed E-state index contributed by atoms with van der Waals surface area (Å²) in [7, 11) is 0. The summed E-state index contributed by atoms with van der Waals surface area (Å²) in [6.45, 7) is 1.10. The van der Waals surface area contributed by atoms with Crippen molar-refractivity contribution in [1.82, 2.24) is 9.88 Å². The molecular weight excluding hydrogens is 360 g/mol. The molecule has 4 nitrogen and oxygen atoms in total. The average molecular weight is 381 g/mol. The second kappa shape index (κ2) is 9.74. The predicted molar refractivity (Wildman–Crippen MR) is 107 cm³/mol. The van der Waals surface area contributed by atoms with Gasteiger partial charge >= 0.3 is 0 Å². The lowest BCUT2D eigenvalue weighted by Crippen LogP contribution is -2.36. The van der Waals surface area contributed by atoms with Crippen LogP contribution in [0.1, 0.15) is 11.3 Å². The fraction of sp³-hybridized carbons (Fsp3) is 0.182. The number of hydrogen-bond acceptors (Lipinski definition) is 3. The summed E-state index contributed by atoms with van der Waals surface area (Å²) in [5.41, 5.74) is 2.04. The lowest BCUT2D eigenvalue weighted by Gasteiger charge is -2.23. The van der Waals surface area contributed by atoms with Crippen LogP contribution in [0.15, 0.2) is 79.0 Å². The molecule has 3 rings (SSSR count). The zero-order chi connectivity index (χ0) is 18.9. The van der Waals surface area contributed by atoms with E-state index >= 15 is 0 Å². The van der Waals surface area contributed by atoms with Crippen LogP contribution in [-0.4, -0.2) is 28.9 Å². The van der Waals surface area contributed by atoms with Gasteiger partial charge in [-0.25, -0.2) is 0 Å². The van der Waals surface area contributed by atoms with Crippen LogP contribution >= 0.6 is 11.6 Å². The Morgan fingerprint density at radius 1 is 0.963 bits per heavy atom. The number of nitrogens with zero attached hydrogens (tertiary/aromatic N) is 2. The largest absolute Gasteiger partial charge is 0.484 e. The third-order valence-corrected chi connectivity index (χ3v) is 4.36. The number of ether oxygens (including phenoxy) is 1. The number of carbonyl (C=O) groups excluding carboxylic acids is 1. The van der Waals surface area contributed by atoms with Crippen LogP contribution in [0, 0.1) is 0 Å². The second-order valence-corrected chi connectivity index (χ2v) is 6.55. The Morgan fingerprint density at radius 3 is 2.41 bits per heavy atom. The molecule has 0 aliphatic heterocycles. The number of hydrogen-bond donors (Lipinski definition) is 0. The van der Waals surface area contributed by atoms with Gasteiger partial charge in [0, 0.05) is 36.4 Å². The standard InChI is InChI=1S/C22H21ClN2O2/c23-19-9-11-21(12-10-19)27-17-22(26)25(16-18-6-2-1-3-7-18)15-13-20-8-4-5-14-24-20/h1-12,14H,13,15-17H2. The van der Waals surface area contributed by atoms with Crippen molar-refractivity contribution >= 4 is 17.5 Å². The van der Waals surface area contributed by atoms with Gasteiger partial charge in [-0.15, -0.1) is 0 Å². The molecule has 5 heteroatoms. The van der Waals surface area contributed by atoms with Crippen LogP contribution in [0.4, 0.5) is 0 Å². The number of amides is 1. The fourth-order valence-corrected chi connectivity index (χ4v) is 2.78. The maximum atomic E-state index is 12.8. The molecular formula is C22H21ClN2O2. The molecule has 0 fully saturated rings. The molecule has 1 aromatic heterocycles. The van der Waals surface area contributed by atoms with E-state index in [1.807, 2.05) is 48.5 Å². The second-order valence-electron chi connectivity index (χ2n) is 6.11. The van der Waals surface area contributed by atoms with E-state index in [0.717, 1.165) is 11.3 Å². The smallest absolute Gasteiger partial charge is 0.260 e. The first-order chi connectivity index (χ1) is 13.2. The van der Waals surface area contributed by atoms with Gasteiger partial charge < -0.3 is 9.64 Å². The molecule has 1 heterocycles. The fourth-order valence-electron chi connectivity index (χ4n) is 2.66. The minimum atomic E-state index is -0.0651. The number of carbonyl (C=O) groups is 1. The van der Waals surface area contributed by atoms with Crippen LogP contribution in [0.25, 0.3) is 0 Å². The van der Waals surface area contributed by atoms with E-state index in [-0.39, 0.29) is 12.5 Å². The van der Waals surface area contributed by atoms with Crippen molar-refractivity contribution in [1.29, 1.82) is 0 Å². The predicted octanol–water partition coefficient (Wildman–Crippen LogP) is 4.39. The monoisotopic (exact) mass is 380 g/mol. The zero-order valence-corrected chi connectivity index (χ0v) is 15.7. The highest BCUT2D eigenvalue weighted by molar-refractivity contribution is 6.30. The highest BCUT2D eigenvalue weighted by Gasteiger charge is 2.15. The highest BCUT2D eigenvalue weighted by atomic mass is 35.5. The lowest BCUT2D eigenvalue weighted by molar-refractivity contribution is -0.134. The number of halogens is 1. The van der Waals surface area contributed by atoms with Crippen molar-refractivity contribution in [3.63, 3.8) is 0 Å². The van der Waals surface area contributed by atoms with Crippen LogP contribution in [-0.2, 0) is 17.8 Å². The summed E-state index contributed by atoms with van der Waals surface area (Å²) >= 11 is 5.88. The van der Waals surface area contributed by atoms with Crippen molar-refractivity contribution in [2.24, 2.45) is 0 Å². The quantitative estimate of drug-likeness (QED) is 0.582. The molecule has 0 unspecified atom stereocenters. The number of rotatable bonds is 8. The van der Waals surface area contributed by atoms with E-state index in [4.69, 9.17) is 16.3 Å². The van der Waals surface area contributed by atoms with Crippen LogP contribution in [0.3, 0.4) is 0 Å². The Labute approximate surface area is 164 Å². The highest BCUT2D eigenvalue weighted by Crippen LogP contribution is 2.16. The van der Waals surface area contributed by atoms with Crippen molar-refractivity contribution in [3.8, 4) is 5.75 Å². The van der Waals surface area contributed by atoms with E-state index < -0.39 is 0 Å². The molecule has 0 bridgehead atoms. The Bertz CT molecular complexity index is 839. The molecule has 0 radical (unpaired) electrons. The minimum Gasteiger partial charge on any atom is -0.484 e. The van der Waals surface area contributed by atoms with Crippen LogP contribution in [0.2, 0.25) is 5.02 Å². The molecule has 0 atom stereocenters. The summed E-state index contributed by atoms with van der Waals surface area (Å²) < 4.78 is 5.63. The Kier molecular flexibility index (Phi) is 6.83. The normalized spacial score (nSPS) is 10.4. The van der Waals surface area contributed by atoms with Crippen LogP contribution < -0.4 is 4.74 Å². The summed E-state index contributed by atoms with van der Waals surface area (Å²) in [6, 6.07) is 22.7. The zero-order valence-electron chi connectivity index (χ0n) is 14.9. The SMILES string of the molecule is O=C(COc1ccc(Cl)cc1)N(CCc1ccccn1)Cc1ccccc1. The molecule has 138 valence electrons. The number of benzene rings is 2. The first-order valence-corrected chi connectivity index (χ1v) is 9.18. The Hall–Kier alpha value is -2.85. The molecule has 1 amide bonds. The Balaban J connectivity index is 1.63. The van der Waals surface area contributed by atoms with Crippen molar-refractivity contribution in [2.75, 3.05) is 13.2 Å². The molecule has 0 N–H and O–H groups in total. The van der Waals surface area contributed by atoms with Crippen molar-refractivity contribution in [3.05, 3.63) is 95.3 Å². The summed E-state index contributed by atoms with van der Waals surface area (Å²) in [5.74, 6) is 0.557. The third-order valence-electron chi connectivity index (χ3n) is 4.11. The molecule has 0 spiro atoms. The van der Waals surface area contributed by atoms with Gasteiger partial charge in [0.1, 0.15) is 5.75 Å². The number of aromatic nitrogens is 1. The van der Waals surface area contributed by atoms with Gasteiger partial charge in [0.05, 0.1) is 0 Å². The van der Waals surface area contributed by atoms with Gasteiger partial charge in [-0.3, -0.25) is 9.78 Å². The maximum absolute atomic E-state index is 12.8. The third kappa shape index (κ3) is 6.12. The van der Waals surface area contributed by atoms with E-state index in [0.29, 0.717) is 30.3 Å². The molecule has 2 aromatic carbocycles. The van der Waals surface area contributed by atoms with Gasteiger partial charge in [-0.2, -0.15) is 0 Å². The first kappa shape index (κ1) is 18.9. The Morgan fingerprint density at radius 2 is 1.70 bits per heavy atom. The van der Waals surface area contributed by atoms with Gasteiger partial charge in [0.15, 0.2) is 6.61 Å². The van der Waals surface area contributed by atoms with Gasteiger partial charge in [-0.05, 0) is 42.0 Å². The van der Waals surface area contributed by atoms with E-state index in [1.54, 1.807) is 35.4 Å².